The fourth-order valence-corrected chi connectivity index (χ4v) is 6.27. The Morgan fingerprint density at radius 1 is 0.912 bits per heavy atom. The molecule has 1 aliphatic heterocycles. The van der Waals surface area contributed by atoms with Gasteiger partial charge in [0, 0.05) is 46.8 Å². The highest BCUT2D eigenvalue weighted by Crippen LogP contribution is 2.35. The zero-order chi connectivity index (χ0) is 23.9. The summed E-state index contributed by atoms with van der Waals surface area (Å²) >= 11 is 6.08. The van der Waals surface area contributed by atoms with E-state index >= 15 is 0 Å². The molecule has 1 aliphatic rings. The van der Waals surface area contributed by atoms with Gasteiger partial charge < -0.3 is 4.57 Å². The first-order chi connectivity index (χ1) is 16.3. The molecule has 0 unspecified atom stereocenters. The highest BCUT2D eigenvalue weighted by molar-refractivity contribution is 7.89. The summed E-state index contributed by atoms with van der Waals surface area (Å²) in [6.45, 7) is 5.71. The van der Waals surface area contributed by atoms with E-state index in [0.29, 0.717) is 24.4 Å². The predicted molar refractivity (Wildman–Crippen MR) is 140 cm³/mol. The van der Waals surface area contributed by atoms with E-state index in [9.17, 15) is 8.42 Å². The van der Waals surface area contributed by atoms with Crippen molar-refractivity contribution in [1.82, 2.24) is 8.87 Å². The highest BCUT2D eigenvalue weighted by Gasteiger charge is 2.28. The first kappa shape index (κ1) is 22.9. The van der Waals surface area contributed by atoms with Crippen LogP contribution in [-0.4, -0.2) is 30.4 Å². The minimum absolute atomic E-state index is 0.352. The van der Waals surface area contributed by atoms with Gasteiger partial charge in [-0.3, -0.25) is 0 Å². The van der Waals surface area contributed by atoms with Gasteiger partial charge >= 0.3 is 0 Å². The third kappa shape index (κ3) is 4.20. The number of halogens is 1. The maximum Gasteiger partial charge on any atom is 0.243 e. The van der Waals surface area contributed by atoms with Gasteiger partial charge in [0.15, 0.2) is 0 Å². The Labute approximate surface area is 206 Å². The molecule has 5 rings (SSSR count). The molecule has 0 saturated carbocycles. The van der Waals surface area contributed by atoms with Crippen LogP contribution in [0, 0.1) is 13.8 Å². The number of fused-ring (bicyclic) bond motifs is 1. The molecule has 34 heavy (non-hydrogen) atoms. The third-order valence-electron chi connectivity index (χ3n) is 6.64. The van der Waals surface area contributed by atoms with Crippen molar-refractivity contribution in [1.29, 1.82) is 0 Å². The fraction of sp³-hybridized carbons (Fsp3) is 0.214. The number of sulfonamides is 1. The van der Waals surface area contributed by atoms with Crippen LogP contribution in [0.25, 0.3) is 16.5 Å². The minimum Gasteiger partial charge on any atom is -0.340 e. The lowest BCUT2D eigenvalue weighted by Crippen LogP contribution is -2.34. The van der Waals surface area contributed by atoms with E-state index in [1.807, 2.05) is 31.2 Å². The molecule has 0 fully saturated rings. The van der Waals surface area contributed by atoms with E-state index < -0.39 is 10.0 Å². The Kier molecular flexibility index (Phi) is 6.11. The number of aryl methyl sites for hydroxylation is 1. The average Bonchev–Trinajstić information content (AvgIpc) is 3.12. The van der Waals surface area contributed by atoms with Crippen LogP contribution in [0.5, 0.6) is 0 Å². The molecule has 1 aromatic heterocycles. The van der Waals surface area contributed by atoms with E-state index in [1.54, 1.807) is 16.4 Å². The van der Waals surface area contributed by atoms with Gasteiger partial charge in [-0.1, -0.05) is 65.7 Å². The Morgan fingerprint density at radius 3 is 2.29 bits per heavy atom. The summed E-state index contributed by atoms with van der Waals surface area (Å²) in [5, 5.41) is 1.94. The van der Waals surface area contributed by atoms with Gasteiger partial charge in [-0.05, 0) is 61.7 Å². The molecule has 0 bridgehead atoms. The molecule has 4 aromatic rings. The molecule has 0 N–H and O–H groups in total. The molecule has 0 spiro atoms. The van der Waals surface area contributed by atoms with E-state index in [-0.39, 0.29) is 0 Å². The summed E-state index contributed by atoms with van der Waals surface area (Å²) in [5.41, 5.74) is 7.03. The van der Waals surface area contributed by atoms with Crippen molar-refractivity contribution in [2.24, 2.45) is 0 Å². The van der Waals surface area contributed by atoms with Crippen LogP contribution in [0.2, 0.25) is 5.02 Å². The molecule has 0 aliphatic carbocycles. The molecule has 3 aromatic carbocycles. The minimum atomic E-state index is -3.50. The molecule has 0 saturated heterocycles. The standard InChI is InChI=1S/C28H27ClN2O2S/c1-20-7-13-25(14-8-20)34(32,33)30-17-15-23(16-18-30)28-21(2)31(27-6-4-3-5-26(27)28)19-22-9-11-24(29)12-10-22/h3-15H,16-19H2,1-2H3. The first-order valence-corrected chi connectivity index (χ1v) is 13.2. The second kappa shape index (κ2) is 9.06. The maximum absolute atomic E-state index is 13.1. The van der Waals surface area contributed by atoms with Crippen LogP contribution in [0.1, 0.15) is 28.8 Å². The second-order valence-corrected chi connectivity index (χ2v) is 11.2. The smallest absolute Gasteiger partial charge is 0.243 e. The highest BCUT2D eigenvalue weighted by atomic mass is 35.5. The Bertz CT molecular complexity index is 1480. The lowest BCUT2D eigenvalue weighted by atomic mass is 9.97. The van der Waals surface area contributed by atoms with E-state index in [4.69, 9.17) is 11.6 Å². The fourth-order valence-electron chi connectivity index (χ4n) is 4.77. The Balaban J connectivity index is 1.48. The van der Waals surface area contributed by atoms with E-state index in [1.165, 1.54) is 33.3 Å². The van der Waals surface area contributed by atoms with Gasteiger partial charge in [-0.15, -0.1) is 0 Å². The van der Waals surface area contributed by atoms with Gasteiger partial charge in [0.25, 0.3) is 0 Å². The maximum atomic E-state index is 13.1. The van der Waals surface area contributed by atoms with Crippen LogP contribution >= 0.6 is 11.6 Å². The van der Waals surface area contributed by atoms with E-state index in [2.05, 4.69) is 54.0 Å². The molecular formula is C28H27ClN2O2S. The van der Waals surface area contributed by atoms with Crippen molar-refractivity contribution in [2.45, 2.75) is 31.7 Å². The number of benzene rings is 3. The molecule has 0 amide bonds. The van der Waals surface area contributed by atoms with Crippen molar-refractivity contribution in [2.75, 3.05) is 13.1 Å². The van der Waals surface area contributed by atoms with Crippen molar-refractivity contribution in [3.8, 4) is 0 Å². The number of para-hydroxylation sites is 1. The largest absolute Gasteiger partial charge is 0.340 e. The zero-order valence-electron chi connectivity index (χ0n) is 19.3. The lowest BCUT2D eigenvalue weighted by Gasteiger charge is -2.26. The van der Waals surface area contributed by atoms with Crippen LogP contribution in [0.15, 0.2) is 83.8 Å². The monoisotopic (exact) mass is 490 g/mol. The summed E-state index contributed by atoms with van der Waals surface area (Å²) in [5.74, 6) is 0. The van der Waals surface area contributed by atoms with Gasteiger partial charge in [0.2, 0.25) is 10.0 Å². The van der Waals surface area contributed by atoms with Gasteiger partial charge in [0.1, 0.15) is 0 Å². The van der Waals surface area contributed by atoms with Gasteiger partial charge in [-0.2, -0.15) is 4.31 Å². The predicted octanol–water partition coefficient (Wildman–Crippen LogP) is 6.44. The summed E-state index contributed by atoms with van der Waals surface area (Å²) in [6, 6.07) is 23.5. The number of nitrogens with zero attached hydrogens (tertiary/aromatic N) is 2. The average molecular weight is 491 g/mol. The topological polar surface area (TPSA) is 42.3 Å². The first-order valence-electron chi connectivity index (χ1n) is 11.4. The normalized spacial score (nSPS) is 15.0. The summed E-state index contributed by atoms with van der Waals surface area (Å²) in [4.78, 5) is 0.352. The number of hydrogen-bond acceptors (Lipinski definition) is 2. The molecule has 0 radical (unpaired) electrons. The molecule has 0 atom stereocenters. The van der Waals surface area contributed by atoms with Crippen LogP contribution in [-0.2, 0) is 16.6 Å². The van der Waals surface area contributed by atoms with Crippen molar-refractivity contribution in [3.05, 3.63) is 106 Å². The SMILES string of the molecule is Cc1ccc(S(=O)(=O)N2CC=C(c3c(C)n(Cc4ccc(Cl)cc4)c4ccccc34)CC2)cc1. The van der Waals surface area contributed by atoms with Crippen LogP contribution in [0.4, 0.5) is 0 Å². The summed E-state index contributed by atoms with van der Waals surface area (Å²) < 4.78 is 30.2. The van der Waals surface area contributed by atoms with Crippen molar-refractivity contribution < 1.29 is 8.42 Å². The molecule has 6 heteroatoms. The Morgan fingerprint density at radius 2 is 1.62 bits per heavy atom. The van der Waals surface area contributed by atoms with Crippen molar-refractivity contribution in [3.63, 3.8) is 0 Å². The summed E-state index contributed by atoms with van der Waals surface area (Å²) in [7, 11) is -3.50. The van der Waals surface area contributed by atoms with Gasteiger partial charge in [-0.25, -0.2) is 8.42 Å². The third-order valence-corrected chi connectivity index (χ3v) is 8.77. The number of aromatic nitrogens is 1. The Hall–Kier alpha value is -2.86. The molecular weight excluding hydrogens is 464 g/mol. The lowest BCUT2D eigenvalue weighted by molar-refractivity contribution is 0.441. The molecule has 2 heterocycles. The van der Waals surface area contributed by atoms with Crippen molar-refractivity contribution >= 4 is 38.1 Å². The second-order valence-electron chi connectivity index (χ2n) is 8.85. The van der Waals surface area contributed by atoms with Crippen LogP contribution < -0.4 is 0 Å². The number of hydrogen-bond donors (Lipinski definition) is 0. The van der Waals surface area contributed by atoms with Gasteiger partial charge in [0.05, 0.1) is 4.90 Å². The number of rotatable bonds is 5. The molecule has 4 nitrogen and oxygen atoms in total. The van der Waals surface area contributed by atoms with Crippen LogP contribution in [0.3, 0.4) is 0 Å². The molecule has 174 valence electrons. The quantitative estimate of drug-likeness (QED) is 0.323. The van der Waals surface area contributed by atoms with E-state index in [0.717, 1.165) is 17.1 Å². The zero-order valence-corrected chi connectivity index (χ0v) is 20.9. The summed E-state index contributed by atoms with van der Waals surface area (Å²) in [6.07, 6.45) is 2.76.